The van der Waals surface area contributed by atoms with E-state index in [-0.39, 0.29) is 23.3 Å². The van der Waals surface area contributed by atoms with Crippen molar-refractivity contribution >= 4 is 11.9 Å². The number of hydrogen-bond acceptors (Lipinski definition) is 4. The van der Waals surface area contributed by atoms with Gasteiger partial charge in [-0.05, 0) is 85.9 Å². The first-order chi connectivity index (χ1) is 16.8. The van der Waals surface area contributed by atoms with Crippen LogP contribution in [0.2, 0.25) is 0 Å². The minimum atomic E-state index is -1.22. The van der Waals surface area contributed by atoms with Gasteiger partial charge in [-0.1, -0.05) is 60.3 Å². The van der Waals surface area contributed by atoms with Gasteiger partial charge in [-0.25, -0.2) is 0 Å². The Morgan fingerprint density at radius 1 is 1.00 bits per heavy atom. The second kappa shape index (κ2) is 10.2. The molecule has 0 aromatic carbocycles. The Labute approximate surface area is 219 Å². The molecule has 206 valence electrons. The van der Waals surface area contributed by atoms with E-state index >= 15 is 0 Å². The van der Waals surface area contributed by atoms with Crippen LogP contribution in [0.5, 0.6) is 0 Å². The van der Waals surface area contributed by atoms with Crippen molar-refractivity contribution in [3.05, 3.63) is 0 Å². The van der Waals surface area contributed by atoms with E-state index in [2.05, 4.69) is 39.9 Å². The number of amides is 1. The van der Waals surface area contributed by atoms with Crippen LogP contribution in [-0.2, 0) is 14.3 Å². The van der Waals surface area contributed by atoms with E-state index in [9.17, 15) is 14.7 Å². The molecule has 4 aliphatic carbocycles. The Morgan fingerprint density at radius 2 is 1.72 bits per heavy atom. The van der Waals surface area contributed by atoms with E-state index in [1.807, 2.05) is 0 Å². The summed E-state index contributed by atoms with van der Waals surface area (Å²) in [5.74, 6) is 3.31. The number of carbonyl (C=O) groups is 2. The molecule has 4 fully saturated rings. The van der Waals surface area contributed by atoms with Crippen LogP contribution in [0.3, 0.4) is 0 Å². The highest BCUT2D eigenvalue weighted by molar-refractivity contribution is 5.73. The van der Waals surface area contributed by atoms with Crippen LogP contribution < -0.4 is 5.32 Å². The maximum Gasteiger partial charge on any atom is 0.303 e. The second-order valence-electron chi connectivity index (χ2n) is 14.1. The third-order valence-electron chi connectivity index (χ3n) is 11.8. The van der Waals surface area contributed by atoms with Gasteiger partial charge in [-0.2, -0.15) is 0 Å². The number of ether oxygens (including phenoxy) is 1. The molecule has 5 unspecified atom stereocenters. The van der Waals surface area contributed by atoms with Gasteiger partial charge < -0.3 is 15.2 Å². The first-order valence-corrected chi connectivity index (χ1v) is 15.0. The molecular weight excluding hydrogens is 450 g/mol. The van der Waals surface area contributed by atoms with Crippen LogP contribution in [0, 0.1) is 46.3 Å². The van der Waals surface area contributed by atoms with Crippen molar-refractivity contribution < 1.29 is 19.4 Å². The summed E-state index contributed by atoms with van der Waals surface area (Å²) in [5, 5.41) is 15.6. The van der Waals surface area contributed by atoms with Crippen LogP contribution in [0.1, 0.15) is 119 Å². The molecule has 0 saturated heterocycles. The van der Waals surface area contributed by atoms with Gasteiger partial charge in [0.15, 0.2) is 0 Å². The molecule has 1 amide bonds. The van der Waals surface area contributed by atoms with Crippen LogP contribution in [0.25, 0.3) is 0 Å². The number of rotatable bonds is 7. The summed E-state index contributed by atoms with van der Waals surface area (Å²) in [6, 6.07) is -0.371. The van der Waals surface area contributed by atoms with Crippen molar-refractivity contribution in [2.24, 2.45) is 46.3 Å². The van der Waals surface area contributed by atoms with Crippen LogP contribution >= 0.6 is 0 Å². The lowest BCUT2D eigenvalue weighted by molar-refractivity contribution is -0.268. The number of esters is 1. The molecule has 0 aromatic heterocycles. The minimum absolute atomic E-state index is 0.123. The lowest BCUT2D eigenvalue weighted by Crippen LogP contribution is -2.75. The highest BCUT2D eigenvalue weighted by Gasteiger charge is 2.70. The molecule has 0 aliphatic heterocycles. The fraction of sp³-hybridized carbons (Fsp3) is 0.935. The van der Waals surface area contributed by atoms with Gasteiger partial charge in [-0.15, -0.1) is 0 Å². The summed E-state index contributed by atoms with van der Waals surface area (Å²) in [6.07, 6.45) is 11.7. The molecule has 2 N–H and O–H groups in total. The maximum atomic E-state index is 12.5. The number of nitrogens with one attached hydrogen (secondary N) is 1. The highest BCUT2D eigenvalue weighted by atomic mass is 16.6. The van der Waals surface area contributed by atoms with E-state index in [0.717, 1.165) is 49.9 Å². The smallest absolute Gasteiger partial charge is 0.303 e. The van der Waals surface area contributed by atoms with Crippen molar-refractivity contribution in [1.29, 1.82) is 0 Å². The lowest BCUT2D eigenvalue weighted by atomic mass is 9.41. The number of carbonyl (C=O) groups excluding carboxylic acids is 2. The summed E-state index contributed by atoms with van der Waals surface area (Å²) in [5.41, 5.74) is -1.26. The van der Waals surface area contributed by atoms with Gasteiger partial charge in [-0.3, -0.25) is 9.59 Å². The average Bonchev–Trinajstić information content (AvgIpc) is 3.12. The molecule has 0 radical (unpaired) electrons. The molecule has 5 heteroatoms. The predicted molar refractivity (Wildman–Crippen MR) is 143 cm³/mol. The summed E-state index contributed by atoms with van der Waals surface area (Å²) in [6.45, 7) is 14.9. The van der Waals surface area contributed by atoms with E-state index < -0.39 is 11.7 Å². The zero-order chi connectivity index (χ0) is 26.5. The second-order valence-corrected chi connectivity index (χ2v) is 14.1. The van der Waals surface area contributed by atoms with Gasteiger partial charge in [0.2, 0.25) is 5.91 Å². The van der Waals surface area contributed by atoms with Crippen molar-refractivity contribution in [1.82, 2.24) is 5.32 Å². The van der Waals surface area contributed by atoms with E-state index in [0.29, 0.717) is 23.2 Å². The summed E-state index contributed by atoms with van der Waals surface area (Å²) in [7, 11) is 0. The molecule has 5 nitrogen and oxygen atoms in total. The monoisotopic (exact) mass is 503 g/mol. The fourth-order valence-corrected chi connectivity index (χ4v) is 10.2. The molecule has 0 bridgehead atoms. The Morgan fingerprint density at radius 3 is 2.36 bits per heavy atom. The third kappa shape index (κ3) is 4.54. The van der Waals surface area contributed by atoms with Gasteiger partial charge in [0, 0.05) is 19.3 Å². The van der Waals surface area contributed by atoms with Crippen LogP contribution in [0.15, 0.2) is 0 Å². The van der Waals surface area contributed by atoms with Gasteiger partial charge in [0.05, 0.1) is 6.04 Å². The molecule has 4 aliphatic rings. The third-order valence-corrected chi connectivity index (χ3v) is 11.8. The largest absolute Gasteiger partial charge is 0.459 e. The lowest BCUT2D eigenvalue weighted by Gasteiger charge is -2.66. The minimum Gasteiger partial charge on any atom is -0.459 e. The van der Waals surface area contributed by atoms with Gasteiger partial charge in [0.25, 0.3) is 0 Å². The summed E-state index contributed by atoms with van der Waals surface area (Å²) >= 11 is 0. The number of aliphatic hydroxyl groups is 1. The molecule has 4 rings (SSSR count). The highest BCUT2D eigenvalue weighted by Crippen LogP contribution is 2.69. The molecule has 0 spiro atoms. The zero-order valence-corrected chi connectivity index (χ0v) is 24.1. The van der Waals surface area contributed by atoms with Crippen molar-refractivity contribution in [2.45, 2.75) is 137 Å². The van der Waals surface area contributed by atoms with Crippen molar-refractivity contribution in [2.75, 3.05) is 0 Å². The van der Waals surface area contributed by atoms with E-state index in [1.165, 1.54) is 52.4 Å². The maximum absolute atomic E-state index is 12.5. The summed E-state index contributed by atoms with van der Waals surface area (Å²) < 4.78 is 5.98. The zero-order valence-electron chi connectivity index (χ0n) is 24.1. The topological polar surface area (TPSA) is 75.6 Å². The van der Waals surface area contributed by atoms with Crippen molar-refractivity contribution in [3.8, 4) is 0 Å². The predicted octanol–water partition coefficient (Wildman–Crippen LogP) is 6.27. The molecule has 36 heavy (non-hydrogen) atoms. The first kappa shape index (κ1) is 27.9. The quantitative estimate of drug-likeness (QED) is 0.402. The van der Waals surface area contributed by atoms with Gasteiger partial charge >= 0.3 is 5.97 Å². The Bertz CT molecular complexity index is 827. The number of hydrogen-bond donors (Lipinski definition) is 2. The van der Waals surface area contributed by atoms with Gasteiger partial charge in [0.1, 0.15) is 11.7 Å². The first-order valence-electron chi connectivity index (χ1n) is 15.0. The Kier molecular flexibility index (Phi) is 7.93. The average molecular weight is 504 g/mol. The summed E-state index contributed by atoms with van der Waals surface area (Å²) in [4.78, 5) is 24.4. The molecule has 0 aromatic rings. The molecule has 10 atom stereocenters. The van der Waals surface area contributed by atoms with Crippen LogP contribution in [-0.4, -0.2) is 34.7 Å². The SMILES string of the molecule is CC(=O)NC1CCC[C@]2(C)C3CC[C@@]4(C)C(CCC4[C@H](C)CCCC(C)C)C3C[C@@H](OC(C)=O)[C@]12O. The molecular formula is C31H53NO4. The Hall–Kier alpha value is -1.10. The Balaban J connectivity index is 1.63. The van der Waals surface area contributed by atoms with E-state index in [4.69, 9.17) is 4.74 Å². The number of fused-ring (bicyclic) bond motifs is 5. The standard InChI is InChI=1S/C31H53NO4/c1-19(2)10-8-11-20(3)24-13-14-25-23-18-28(36-22(5)34)31(35)27(32-21(4)33)12-9-16-30(31,7)26(23)15-17-29(24,25)6/h19-20,23-28,35H,8-18H2,1-7H3,(H,32,33)/t20-,23?,24?,25?,26?,27?,28-,29-,30-,31-/m1/s1. The molecule has 4 saturated carbocycles. The fourth-order valence-electron chi connectivity index (χ4n) is 10.2. The van der Waals surface area contributed by atoms with E-state index in [1.54, 1.807) is 0 Å². The van der Waals surface area contributed by atoms with Crippen LogP contribution in [0.4, 0.5) is 0 Å². The normalized spacial score (nSPS) is 44.8. The molecule has 0 heterocycles. The van der Waals surface area contributed by atoms with Crippen molar-refractivity contribution in [3.63, 3.8) is 0 Å².